The molecule has 4 fully saturated rings. The fourth-order valence-electron chi connectivity index (χ4n) is 5.54. The third-order valence-corrected chi connectivity index (χ3v) is 7.55. The van der Waals surface area contributed by atoms with Gasteiger partial charge in [-0.15, -0.1) is 0 Å². The number of carbonyl (C=O) groups is 1. The van der Waals surface area contributed by atoms with E-state index in [2.05, 4.69) is 26.9 Å². The lowest BCUT2D eigenvalue weighted by Crippen LogP contribution is -2.56. The van der Waals surface area contributed by atoms with E-state index in [1.165, 1.54) is 25.9 Å². The first kappa shape index (κ1) is 22.8. The van der Waals surface area contributed by atoms with Crippen LogP contribution >= 0.6 is 0 Å². The number of ether oxygens (including phenoxy) is 1. The Morgan fingerprint density at radius 1 is 0.903 bits per heavy atom. The minimum Gasteiger partial charge on any atom is -0.381 e. The molecule has 4 rings (SSSR count). The lowest BCUT2D eigenvalue weighted by molar-refractivity contribution is -0.131. The Kier molecular flexibility index (Phi) is 8.07. The van der Waals surface area contributed by atoms with Crippen LogP contribution < -0.4 is 5.32 Å². The molecule has 4 aliphatic heterocycles. The molecule has 0 aliphatic carbocycles. The molecule has 8 heteroatoms. The van der Waals surface area contributed by atoms with Gasteiger partial charge in [0.05, 0.1) is 13.1 Å². The summed E-state index contributed by atoms with van der Waals surface area (Å²) in [6, 6.07) is 0. The van der Waals surface area contributed by atoms with Gasteiger partial charge in [0.25, 0.3) is 0 Å². The van der Waals surface area contributed by atoms with Crippen LogP contribution in [0.2, 0.25) is 0 Å². The van der Waals surface area contributed by atoms with Crippen LogP contribution in [-0.4, -0.2) is 122 Å². The average molecular weight is 435 g/mol. The molecule has 0 unspecified atom stereocenters. The Hall–Kier alpha value is -1.38. The zero-order valence-electron chi connectivity index (χ0n) is 19.5. The summed E-state index contributed by atoms with van der Waals surface area (Å²) < 4.78 is 5.70. The van der Waals surface area contributed by atoms with Crippen LogP contribution in [0, 0.1) is 0 Å². The van der Waals surface area contributed by atoms with Crippen LogP contribution in [0.1, 0.15) is 45.4 Å². The van der Waals surface area contributed by atoms with Gasteiger partial charge in [-0.05, 0) is 58.5 Å². The largest absolute Gasteiger partial charge is 0.381 e. The van der Waals surface area contributed by atoms with Crippen molar-refractivity contribution in [3.63, 3.8) is 0 Å². The van der Waals surface area contributed by atoms with Gasteiger partial charge in [0, 0.05) is 64.6 Å². The van der Waals surface area contributed by atoms with Crippen molar-refractivity contribution in [3.05, 3.63) is 0 Å². The third kappa shape index (κ3) is 5.71. The van der Waals surface area contributed by atoms with Gasteiger partial charge in [-0.1, -0.05) is 0 Å². The molecule has 4 saturated heterocycles. The Morgan fingerprint density at radius 2 is 1.55 bits per heavy atom. The fourth-order valence-corrected chi connectivity index (χ4v) is 5.54. The van der Waals surface area contributed by atoms with Crippen LogP contribution in [0.15, 0.2) is 4.99 Å². The zero-order valence-corrected chi connectivity index (χ0v) is 19.5. The van der Waals surface area contributed by atoms with Crippen molar-refractivity contribution in [2.45, 2.75) is 51.0 Å². The van der Waals surface area contributed by atoms with Crippen molar-refractivity contribution >= 4 is 11.9 Å². The number of amides is 1. The van der Waals surface area contributed by atoms with Gasteiger partial charge in [0.2, 0.25) is 5.91 Å². The fraction of sp³-hybridized carbons (Fsp3) is 0.913. The second kappa shape index (κ2) is 11.0. The predicted molar refractivity (Wildman–Crippen MR) is 123 cm³/mol. The lowest BCUT2D eigenvalue weighted by atomic mass is 9.88. The van der Waals surface area contributed by atoms with Crippen LogP contribution in [0.4, 0.5) is 0 Å². The molecular formula is C23H42N6O2. The molecule has 176 valence electrons. The second-order valence-electron chi connectivity index (χ2n) is 9.55. The van der Waals surface area contributed by atoms with Gasteiger partial charge in [-0.3, -0.25) is 19.6 Å². The van der Waals surface area contributed by atoms with E-state index in [0.29, 0.717) is 12.5 Å². The molecule has 4 heterocycles. The predicted octanol–water partition coefficient (Wildman–Crippen LogP) is 0.837. The lowest BCUT2D eigenvalue weighted by Gasteiger charge is -2.44. The third-order valence-electron chi connectivity index (χ3n) is 7.55. The summed E-state index contributed by atoms with van der Waals surface area (Å²) in [6.07, 6.45) is 7.11. The Labute approximate surface area is 188 Å². The van der Waals surface area contributed by atoms with E-state index in [1.54, 1.807) is 0 Å². The zero-order chi connectivity index (χ0) is 21.5. The van der Waals surface area contributed by atoms with E-state index < -0.39 is 0 Å². The highest BCUT2D eigenvalue weighted by molar-refractivity contribution is 5.80. The first-order chi connectivity index (χ1) is 15.2. The Bertz CT molecular complexity index is 601. The standard InChI is InChI=1S/C23H42N6O2/c1-2-24-22(25-20-23(7-17-31-18-8-23)29-11-5-6-12-29)28-15-13-26(14-16-28)19-21(30)27-9-3-4-10-27/h2-20H2,1H3,(H,24,25). The maximum atomic E-state index is 12.5. The number of rotatable bonds is 6. The molecule has 0 aromatic rings. The van der Waals surface area contributed by atoms with Crippen LogP contribution in [-0.2, 0) is 9.53 Å². The molecule has 0 bridgehead atoms. The molecule has 1 amide bonds. The SMILES string of the molecule is CCNC(=NCC1(N2CCCC2)CCOCC1)N1CCN(CC(=O)N2CCCC2)CC1. The van der Waals surface area contributed by atoms with E-state index in [4.69, 9.17) is 9.73 Å². The number of guanidine groups is 1. The van der Waals surface area contributed by atoms with Crippen LogP contribution in [0.25, 0.3) is 0 Å². The van der Waals surface area contributed by atoms with Crippen molar-refractivity contribution in [1.29, 1.82) is 0 Å². The Balaban J connectivity index is 1.33. The number of nitrogens with one attached hydrogen (secondary N) is 1. The van der Waals surface area contributed by atoms with Crippen molar-refractivity contribution in [2.75, 3.05) is 85.2 Å². The van der Waals surface area contributed by atoms with Crippen molar-refractivity contribution in [1.82, 2.24) is 24.9 Å². The minimum atomic E-state index is 0.166. The summed E-state index contributed by atoms with van der Waals surface area (Å²) in [5, 5.41) is 3.53. The second-order valence-corrected chi connectivity index (χ2v) is 9.55. The van der Waals surface area contributed by atoms with E-state index in [1.807, 2.05) is 4.90 Å². The van der Waals surface area contributed by atoms with E-state index in [0.717, 1.165) is 97.2 Å². The van der Waals surface area contributed by atoms with Gasteiger partial charge in [-0.25, -0.2) is 0 Å². The Morgan fingerprint density at radius 3 is 2.19 bits per heavy atom. The molecule has 0 aromatic heterocycles. The molecule has 4 aliphatic rings. The van der Waals surface area contributed by atoms with Crippen molar-refractivity contribution in [2.24, 2.45) is 4.99 Å². The average Bonchev–Trinajstić information content (AvgIpc) is 3.53. The molecular weight excluding hydrogens is 392 g/mol. The van der Waals surface area contributed by atoms with Gasteiger partial charge >= 0.3 is 0 Å². The molecule has 0 radical (unpaired) electrons. The smallest absolute Gasteiger partial charge is 0.236 e. The summed E-state index contributed by atoms with van der Waals surface area (Å²) in [7, 11) is 0. The maximum Gasteiger partial charge on any atom is 0.236 e. The number of likely N-dealkylation sites (tertiary alicyclic amines) is 2. The summed E-state index contributed by atoms with van der Waals surface area (Å²) >= 11 is 0. The molecule has 31 heavy (non-hydrogen) atoms. The highest BCUT2D eigenvalue weighted by Crippen LogP contribution is 2.31. The monoisotopic (exact) mass is 434 g/mol. The minimum absolute atomic E-state index is 0.166. The van der Waals surface area contributed by atoms with Gasteiger partial charge < -0.3 is 19.9 Å². The van der Waals surface area contributed by atoms with Crippen LogP contribution in [0.3, 0.4) is 0 Å². The topological polar surface area (TPSA) is 63.7 Å². The quantitative estimate of drug-likeness (QED) is 0.494. The van der Waals surface area contributed by atoms with E-state index in [9.17, 15) is 4.79 Å². The highest BCUT2D eigenvalue weighted by Gasteiger charge is 2.39. The number of hydrogen-bond donors (Lipinski definition) is 1. The number of aliphatic imine (C=N–C) groups is 1. The normalized spacial score (nSPS) is 25.9. The summed E-state index contributed by atoms with van der Waals surface area (Å²) in [5.41, 5.74) is 0.166. The summed E-state index contributed by atoms with van der Waals surface area (Å²) in [6.45, 7) is 14.2. The molecule has 1 N–H and O–H groups in total. The van der Waals surface area contributed by atoms with Gasteiger partial charge in [0.1, 0.15) is 0 Å². The first-order valence-corrected chi connectivity index (χ1v) is 12.6. The summed E-state index contributed by atoms with van der Waals surface area (Å²) in [5.74, 6) is 1.34. The van der Waals surface area contributed by atoms with E-state index in [-0.39, 0.29) is 5.54 Å². The van der Waals surface area contributed by atoms with Gasteiger partial charge in [0.15, 0.2) is 5.96 Å². The van der Waals surface area contributed by atoms with E-state index >= 15 is 0 Å². The number of carbonyl (C=O) groups excluding carboxylic acids is 1. The van der Waals surface area contributed by atoms with Crippen molar-refractivity contribution < 1.29 is 9.53 Å². The summed E-state index contributed by atoms with van der Waals surface area (Å²) in [4.78, 5) is 27.1. The molecule has 0 saturated carbocycles. The number of hydrogen-bond acceptors (Lipinski definition) is 5. The molecule has 0 atom stereocenters. The highest BCUT2D eigenvalue weighted by atomic mass is 16.5. The molecule has 0 spiro atoms. The maximum absolute atomic E-state index is 12.5. The van der Waals surface area contributed by atoms with Crippen LogP contribution in [0.5, 0.6) is 0 Å². The number of piperazine rings is 1. The van der Waals surface area contributed by atoms with Crippen molar-refractivity contribution in [3.8, 4) is 0 Å². The molecule has 8 nitrogen and oxygen atoms in total. The van der Waals surface area contributed by atoms with Gasteiger partial charge in [-0.2, -0.15) is 0 Å². The first-order valence-electron chi connectivity index (χ1n) is 12.6. The number of nitrogens with zero attached hydrogens (tertiary/aromatic N) is 5. The molecule has 0 aromatic carbocycles.